The fraction of sp³-hybridized carbons (Fsp3) is 0.444. The van der Waals surface area contributed by atoms with Crippen LogP contribution in [0.5, 0.6) is 11.5 Å². The number of esters is 2. The SMILES string of the molecule is C=C(C)C(=O)OCCNC(=O)OC(C)(OCC)Oc1ccc(C(F)(F)C(F)(F)c2ccc(OC(C)(OCC)OC(=O)NCCOC(=O)C(=C)C)cc2)cc1. The zero-order chi connectivity index (χ0) is 40.7. The number of alkyl halides is 4. The maximum Gasteiger partial charge on any atom is 0.412 e. The van der Waals surface area contributed by atoms with Crippen molar-refractivity contribution in [3.05, 3.63) is 84.0 Å². The Labute approximate surface area is 309 Å². The molecular weight excluding hydrogens is 728 g/mol. The summed E-state index contributed by atoms with van der Waals surface area (Å²) in [5.41, 5.74) is -1.81. The van der Waals surface area contributed by atoms with E-state index in [2.05, 4.69) is 23.8 Å². The van der Waals surface area contributed by atoms with Gasteiger partial charge in [0.1, 0.15) is 24.7 Å². The molecule has 2 amide bonds. The molecule has 0 aliphatic carbocycles. The highest BCUT2D eigenvalue weighted by molar-refractivity contribution is 5.87. The Kier molecular flexibility index (Phi) is 16.3. The predicted octanol–water partition coefficient (Wildman–Crippen LogP) is 6.44. The quantitative estimate of drug-likeness (QED) is 0.0357. The van der Waals surface area contributed by atoms with Gasteiger partial charge in [0.25, 0.3) is 0 Å². The third kappa shape index (κ3) is 13.2. The molecule has 0 saturated heterocycles. The van der Waals surface area contributed by atoms with Crippen LogP contribution >= 0.6 is 0 Å². The van der Waals surface area contributed by atoms with E-state index in [1.165, 1.54) is 27.7 Å². The van der Waals surface area contributed by atoms with Gasteiger partial charge in [0.2, 0.25) is 0 Å². The summed E-state index contributed by atoms with van der Waals surface area (Å²) in [6.45, 7) is 14.6. The van der Waals surface area contributed by atoms with E-state index < -0.39 is 59.0 Å². The van der Waals surface area contributed by atoms with Crippen molar-refractivity contribution in [2.45, 2.75) is 65.3 Å². The van der Waals surface area contributed by atoms with Gasteiger partial charge in [-0.15, -0.1) is 0 Å². The number of amides is 2. The normalized spacial score (nSPS) is 13.6. The van der Waals surface area contributed by atoms with Gasteiger partial charge in [0, 0.05) is 36.1 Å². The van der Waals surface area contributed by atoms with Crippen molar-refractivity contribution in [2.24, 2.45) is 0 Å². The second-order valence-corrected chi connectivity index (χ2v) is 11.5. The lowest BCUT2D eigenvalue weighted by molar-refractivity contribution is -0.302. The van der Waals surface area contributed by atoms with E-state index in [9.17, 15) is 19.2 Å². The first-order chi connectivity index (χ1) is 25.2. The molecule has 2 unspecified atom stereocenters. The zero-order valence-electron chi connectivity index (χ0n) is 30.7. The number of carbonyl (C=O) groups excluding carboxylic acids is 4. The maximum atomic E-state index is 15.4. The average molecular weight is 773 g/mol. The summed E-state index contributed by atoms with van der Waals surface area (Å²) < 4.78 is 103. The summed E-state index contributed by atoms with van der Waals surface area (Å²) in [5.74, 6) is -15.3. The van der Waals surface area contributed by atoms with Gasteiger partial charge >= 0.3 is 47.9 Å². The van der Waals surface area contributed by atoms with Crippen molar-refractivity contribution in [1.82, 2.24) is 10.6 Å². The summed E-state index contributed by atoms with van der Waals surface area (Å²) >= 11 is 0. The molecule has 2 atom stereocenters. The van der Waals surface area contributed by atoms with Gasteiger partial charge in [-0.25, -0.2) is 19.2 Å². The Morgan fingerprint density at radius 2 is 0.926 bits per heavy atom. The van der Waals surface area contributed by atoms with Crippen LogP contribution in [-0.4, -0.2) is 75.6 Å². The predicted molar refractivity (Wildman–Crippen MR) is 183 cm³/mol. The molecule has 298 valence electrons. The fourth-order valence-electron chi connectivity index (χ4n) is 4.19. The number of ether oxygens (including phenoxy) is 8. The largest absolute Gasteiger partial charge is 0.460 e. The molecule has 0 aliphatic rings. The van der Waals surface area contributed by atoms with E-state index in [-0.39, 0.29) is 62.2 Å². The molecule has 2 aromatic rings. The van der Waals surface area contributed by atoms with Crippen molar-refractivity contribution in [3.8, 4) is 11.5 Å². The third-order valence-electron chi connectivity index (χ3n) is 6.71. The lowest BCUT2D eigenvalue weighted by Gasteiger charge is -2.30. The molecule has 0 bridgehead atoms. The molecule has 2 N–H and O–H groups in total. The van der Waals surface area contributed by atoms with Crippen molar-refractivity contribution < 1.29 is 74.6 Å². The molecule has 0 spiro atoms. The smallest absolute Gasteiger partial charge is 0.412 e. The van der Waals surface area contributed by atoms with Gasteiger partial charge < -0.3 is 48.5 Å². The Morgan fingerprint density at radius 1 is 0.611 bits per heavy atom. The molecule has 0 saturated carbocycles. The van der Waals surface area contributed by atoms with Crippen LogP contribution in [0.25, 0.3) is 0 Å². The molecule has 0 radical (unpaired) electrons. The molecule has 54 heavy (non-hydrogen) atoms. The minimum Gasteiger partial charge on any atom is -0.460 e. The van der Waals surface area contributed by atoms with E-state index in [0.29, 0.717) is 24.3 Å². The van der Waals surface area contributed by atoms with Crippen LogP contribution in [0, 0.1) is 0 Å². The average Bonchev–Trinajstić information content (AvgIpc) is 3.08. The first-order valence-electron chi connectivity index (χ1n) is 16.4. The number of halogens is 4. The Hall–Kier alpha value is -5.36. The zero-order valence-corrected chi connectivity index (χ0v) is 30.7. The first kappa shape index (κ1) is 44.8. The van der Waals surface area contributed by atoms with Crippen molar-refractivity contribution in [3.63, 3.8) is 0 Å². The summed E-state index contributed by atoms with van der Waals surface area (Å²) in [6, 6.07) is 6.70. The van der Waals surface area contributed by atoms with Crippen LogP contribution in [0.3, 0.4) is 0 Å². The monoisotopic (exact) mass is 772 g/mol. The Balaban J connectivity index is 2.09. The Bertz CT molecular complexity index is 1500. The van der Waals surface area contributed by atoms with Gasteiger partial charge in [0.05, 0.1) is 26.3 Å². The molecule has 0 aromatic heterocycles. The summed E-state index contributed by atoms with van der Waals surface area (Å²) in [5, 5.41) is 4.64. The minimum absolute atomic E-state index is 0.0180. The van der Waals surface area contributed by atoms with E-state index in [1.54, 1.807) is 13.8 Å². The molecule has 2 rings (SSSR count). The van der Waals surface area contributed by atoms with Crippen molar-refractivity contribution in [1.29, 1.82) is 0 Å². The number of rotatable bonds is 21. The number of hydrogen-bond donors (Lipinski definition) is 2. The van der Waals surface area contributed by atoms with Crippen LogP contribution in [0.4, 0.5) is 27.2 Å². The standard InChI is InChI=1S/C36H44F4N2O12/c1-9-49-33(7,53-31(45)41-19-21-47-29(43)23(3)4)51-27-15-11-25(12-16-27)35(37,38)36(39,40)26-13-17-28(18-14-26)52-34(8,50-10-2)54-32(46)42-20-22-48-30(44)24(5)6/h11-18H,3,5,9-10,19-22H2,1-2,4,6-8H3,(H,41,45)(H,42,46). The van der Waals surface area contributed by atoms with E-state index in [0.717, 1.165) is 24.3 Å². The number of benzene rings is 2. The lowest BCUT2D eigenvalue weighted by Crippen LogP contribution is -2.44. The van der Waals surface area contributed by atoms with Crippen LogP contribution in [0.15, 0.2) is 72.8 Å². The molecular formula is C36H44F4N2O12. The van der Waals surface area contributed by atoms with E-state index in [1.807, 2.05) is 0 Å². The molecule has 0 fully saturated rings. The second kappa shape index (κ2) is 19.6. The van der Waals surface area contributed by atoms with Gasteiger partial charge in [0.15, 0.2) is 0 Å². The van der Waals surface area contributed by atoms with E-state index in [4.69, 9.17) is 37.9 Å². The van der Waals surface area contributed by atoms with Crippen molar-refractivity contribution in [2.75, 3.05) is 39.5 Å². The summed E-state index contributed by atoms with van der Waals surface area (Å²) in [4.78, 5) is 47.5. The topological polar surface area (TPSA) is 166 Å². The lowest BCUT2D eigenvalue weighted by atomic mass is 9.96. The summed E-state index contributed by atoms with van der Waals surface area (Å²) in [6.07, 6.45) is -2.07. The molecule has 18 heteroatoms. The van der Waals surface area contributed by atoms with Crippen LogP contribution in [0.2, 0.25) is 0 Å². The highest BCUT2D eigenvalue weighted by atomic mass is 19.3. The second-order valence-electron chi connectivity index (χ2n) is 11.5. The van der Waals surface area contributed by atoms with Gasteiger partial charge in [-0.1, -0.05) is 13.2 Å². The molecule has 0 aliphatic heterocycles. The summed E-state index contributed by atoms with van der Waals surface area (Å²) in [7, 11) is 0. The Morgan fingerprint density at radius 3 is 1.20 bits per heavy atom. The van der Waals surface area contributed by atoms with Gasteiger partial charge in [-0.05, 0) is 76.2 Å². The molecule has 0 heterocycles. The van der Waals surface area contributed by atoms with Gasteiger partial charge in [-0.3, -0.25) is 0 Å². The van der Waals surface area contributed by atoms with Crippen LogP contribution < -0.4 is 20.1 Å². The van der Waals surface area contributed by atoms with Gasteiger partial charge in [-0.2, -0.15) is 17.6 Å². The van der Waals surface area contributed by atoms with Crippen molar-refractivity contribution >= 4 is 24.1 Å². The third-order valence-corrected chi connectivity index (χ3v) is 6.71. The highest BCUT2D eigenvalue weighted by Gasteiger charge is 2.58. The fourth-order valence-corrected chi connectivity index (χ4v) is 4.19. The molecule has 2 aromatic carbocycles. The number of carbonyl (C=O) groups is 4. The van der Waals surface area contributed by atoms with E-state index >= 15 is 17.6 Å². The molecule has 14 nitrogen and oxygen atoms in total. The first-order valence-corrected chi connectivity index (χ1v) is 16.4. The maximum absolute atomic E-state index is 15.4. The van der Waals surface area contributed by atoms with Crippen LogP contribution in [0.1, 0.15) is 52.7 Å². The highest BCUT2D eigenvalue weighted by Crippen LogP contribution is 2.50. The number of hydrogen-bond acceptors (Lipinski definition) is 12. The number of alkyl carbamates (subject to hydrolysis) is 2. The number of nitrogens with one attached hydrogen (secondary N) is 2. The minimum atomic E-state index is -4.74. The van der Waals surface area contributed by atoms with Crippen LogP contribution in [-0.2, 0) is 49.9 Å².